The molecule has 0 N–H and O–H groups in total. The number of hydrogen-bond donors (Lipinski definition) is 0. The zero-order valence-corrected chi connectivity index (χ0v) is 18.2. The molecule has 0 radical (unpaired) electrons. The summed E-state index contributed by atoms with van der Waals surface area (Å²) in [5.41, 5.74) is 0. The number of carbonyl (C=O) groups excluding carboxylic acids is 1. The van der Waals surface area contributed by atoms with Crippen molar-refractivity contribution in [3.8, 4) is 0 Å². The fraction of sp³-hybridized carbons (Fsp3) is 0.958. The van der Waals surface area contributed by atoms with Crippen molar-refractivity contribution in [2.75, 3.05) is 6.61 Å². The highest BCUT2D eigenvalue weighted by Crippen LogP contribution is 2.14. The van der Waals surface area contributed by atoms with Gasteiger partial charge >= 0.3 is 5.97 Å². The largest absolute Gasteiger partial charge is 0.466 e. The second-order valence-corrected chi connectivity index (χ2v) is 7.98. The molecule has 0 bridgehead atoms. The molecule has 0 rings (SSSR count). The Labute approximate surface area is 164 Å². The third-order valence-electron chi connectivity index (χ3n) is 5.25. The van der Waals surface area contributed by atoms with Gasteiger partial charge in [-0.2, -0.15) is 0 Å². The summed E-state index contributed by atoms with van der Waals surface area (Å²) in [4.78, 5) is 11.4. The summed E-state index contributed by atoms with van der Waals surface area (Å²) in [5.74, 6) is -0.0108. The molecule has 0 amide bonds. The number of ether oxygens (including phenoxy) is 1. The van der Waals surface area contributed by atoms with Crippen LogP contribution in [0.4, 0.5) is 0 Å². The number of unbranched alkanes of at least 4 members (excludes halogenated alkanes) is 17. The highest BCUT2D eigenvalue weighted by Gasteiger charge is 2.01. The highest BCUT2D eigenvalue weighted by molar-refractivity contribution is 5.69. The van der Waals surface area contributed by atoms with Gasteiger partial charge in [0.25, 0.3) is 0 Å². The van der Waals surface area contributed by atoms with Crippen molar-refractivity contribution in [1.29, 1.82) is 0 Å². The Morgan fingerprint density at radius 2 is 0.846 bits per heavy atom. The van der Waals surface area contributed by atoms with Gasteiger partial charge in [0.15, 0.2) is 0 Å². The molecule has 0 aliphatic rings. The van der Waals surface area contributed by atoms with Crippen molar-refractivity contribution < 1.29 is 9.53 Å². The highest BCUT2D eigenvalue weighted by atomic mass is 16.5. The van der Waals surface area contributed by atoms with Crippen molar-refractivity contribution >= 4 is 5.97 Å². The number of carbonyl (C=O) groups is 1. The minimum atomic E-state index is -0.0108. The Balaban J connectivity index is 3.04. The zero-order valence-electron chi connectivity index (χ0n) is 18.2. The van der Waals surface area contributed by atoms with E-state index in [0.717, 1.165) is 19.3 Å². The lowest BCUT2D eigenvalue weighted by Crippen LogP contribution is -2.05. The maximum Gasteiger partial charge on any atom is 0.305 e. The quantitative estimate of drug-likeness (QED) is 0.150. The lowest BCUT2D eigenvalue weighted by Gasteiger charge is -2.05. The molecule has 0 saturated carbocycles. The number of rotatable bonds is 21. The topological polar surface area (TPSA) is 26.3 Å². The fourth-order valence-corrected chi connectivity index (χ4v) is 3.41. The summed E-state index contributed by atoms with van der Waals surface area (Å²) in [6.45, 7) is 5.01. The predicted molar refractivity (Wildman–Crippen MR) is 115 cm³/mol. The van der Waals surface area contributed by atoms with Crippen LogP contribution in [0.1, 0.15) is 142 Å². The molecular formula is C24H48O2. The molecule has 26 heavy (non-hydrogen) atoms. The molecule has 0 atom stereocenters. The van der Waals surface area contributed by atoms with Crippen LogP contribution >= 0.6 is 0 Å². The van der Waals surface area contributed by atoms with Gasteiger partial charge in [-0.25, -0.2) is 0 Å². The van der Waals surface area contributed by atoms with E-state index in [-0.39, 0.29) is 5.97 Å². The van der Waals surface area contributed by atoms with E-state index in [1.54, 1.807) is 0 Å². The first-order valence-corrected chi connectivity index (χ1v) is 12.0. The molecule has 0 spiro atoms. The summed E-state index contributed by atoms with van der Waals surface area (Å²) in [6, 6.07) is 0. The molecule has 0 aromatic carbocycles. The third-order valence-corrected chi connectivity index (χ3v) is 5.25. The van der Waals surface area contributed by atoms with Crippen LogP contribution in [0.5, 0.6) is 0 Å². The molecule has 0 aliphatic heterocycles. The van der Waals surface area contributed by atoms with Crippen molar-refractivity contribution in [3.63, 3.8) is 0 Å². The van der Waals surface area contributed by atoms with Crippen molar-refractivity contribution in [3.05, 3.63) is 0 Å². The van der Waals surface area contributed by atoms with E-state index in [1.165, 1.54) is 103 Å². The van der Waals surface area contributed by atoms with Crippen LogP contribution in [-0.2, 0) is 9.53 Å². The standard InChI is InChI=1S/C24H48O2/c1-3-5-7-8-9-10-11-12-13-14-15-16-17-18-19-20-21-23-26-24(25)22-6-4-2/h3-23H2,1-2H3. The summed E-state index contributed by atoms with van der Waals surface area (Å²) < 4.78 is 5.23. The summed E-state index contributed by atoms with van der Waals surface area (Å²) >= 11 is 0. The molecule has 0 aromatic heterocycles. The van der Waals surface area contributed by atoms with Gasteiger partial charge in [-0.1, -0.05) is 123 Å². The van der Waals surface area contributed by atoms with E-state index in [9.17, 15) is 4.79 Å². The maximum absolute atomic E-state index is 11.4. The molecule has 0 unspecified atom stereocenters. The van der Waals surface area contributed by atoms with Crippen LogP contribution in [-0.4, -0.2) is 12.6 Å². The minimum absolute atomic E-state index is 0.0108. The first-order valence-electron chi connectivity index (χ1n) is 12.0. The van der Waals surface area contributed by atoms with Crippen LogP contribution < -0.4 is 0 Å². The smallest absolute Gasteiger partial charge is 0.305 e. The molecule has 2 heteroatoms. The second-order valence-electron chi connectivity index (χ2n) is 7.98. The molecular weight excluding hydrogens is 320 g/mol. The number of hydrogen-bond acceptors (Lipinski definition) is 2. The third kappa shape index (κ3) is 21.5. The van der Waals surface area contributed by atoms with E-state index >= 15 is 0 Å². The van der Waals surface area contributed by atoms with Crippen molar-refractivity contribution in [2.24, 2.45) is 0 Å². The Morgan fingerprint density at radius 1 is 0.500 bits per heavy atom. The monoisotopic (exact) mass is 368 g/mol. The van der Waals surface area contributed by atoms with Gasteiger partial charge in [-0.05, 0) is 12.8 Å². The SMILES string of the molecule is CCCCCCCCCCCCCCCCCCCOC(=O)CCCC. The molecule has 0 heterocycles. The van der Waals surface area contributed by atoms with E-state index in [1.807, 2.05) is 0 Å². The fourth-order valence-electron chi connectivity index (χ4n) is 3.41. The molecule has 156 valence electrons. The van der Waals surface area contributed by atoms with Crippen LogP contribution in [0.3, 0.4) is 0 Å². The van der Waals surface area contributed by atoms with Crippen LogP contribution in [0, 0.1) is 0 Å². The Kier molecular flexibility index (Phi) is 22.1. The maximum atomic E-state index is 11.4. The number of esters is 1. The van der Waals surface area contributed by atoms with Gasteiger partial charge < -0.3 is 4.74 Å². The lowest BCUT2D eigenvalue weighted by atomic mass is 10.0. The lowest BCUT2D eigenvalue weighted by molar-refractivity contribution is -0.143. The van der Waals surface area contributed by atoms with Gasteiger partial charge in [-0.3, -0.25) is 4.79 Å². The van der Waals surface area contributed by atoms with Crippen LogP contribution in [0.15, 0.2) is 0 Å². The van der Waals surface area contributed by atoms with Gasteiger partial charge in [0.2, 0.25) is 0 Å². The Bertz CT molecular complexity index is 275. The summed E-state index contributed by atoms with van der Waals surface area (Å²) in [5, 5.41) is 0. The van der Waals surface area contributed by atoms with E-state index < -0.39 is 0 Å². The first kappa shape index (κ1) is 25.5. The summed E-state index contributed by atoms with van der Waals surface area (Å²) in [7, 11) is 0. The first-order chi connectivity index (χ1) is 12.8. The molecule has 0 saturated heterocycles. The van der Waals surface area contributed by atoms with Gasteiger partial charge in [0, 0.05) is 6.42 Å². The minimum Gasteiger partial charge on any atom is -0.466 e. The average Bonchev–Trinajstić information content (AvgIpc) is 2.65. The molecule has 0 aliphatic carbocycles. The zero-order chi connectivity index (χ0) is 19.1. The second kappa shape index (κ2) is 22.5. The van der Waals surface area contributed by atoms with E-state index in [4.69, 9.17) is 4.74 Å². The van der Waals surface area contributed by atoms with Gasteiger partial charge in [0.05, 0.1) is 6.61 Å². The van der Waals surface area contributed by atoms with Crippen molar-refractivity contribution in [1.82, 2.24) is 0 Å². The van der Waals surface area contributed by atoms with E-state index in [2.05, 4.69) is 13.8 Å². The Morgan fingerprint density at radius 3 is 1.23 bits per heavy atom. The normalized spacial score (nSPS) is 11.0. The van der Waals surface area contributed by atoms with E-state index in [0.29, 0.717) is 13.0 Å². The molecule has 0 fully saturated rings. The molecule has 0 aromatic rings. The van der Waals surface area contributed by atoms with Crippen LogP contribution in [0.25, 0.3) is 0 Å². The van der Waals surface area contributed by atoms with Gasteiger partial charge in [0.1, 0.15) is 0 Å². The average molecular weight is 369 g/mol. The van der Waals surface area contributed by atoms with Crippen LogP contribution in [0.2, 0.25) is 0 Å². The summed E-state index contributed by atoms with van der Waals surface area (Å²) in [6.07, 6.45) is 26.1. The Hall–Kier alpha value is -0.530. The van der Waals surface area contributed by atoms with Crippen molar-refractivity contribution in [2.45, 2.75) is 142 Å². The van der Waals surface area contributed by atoms with Gasteiger partial charge in [-0.15, -0.1) is 0 Å². The molecule has 2 nitrogen and oxygen atoms in total. The predicted octanol–water partition coefficient (Wildman–Crippen LogP) is 8.37.